The van der Waals surface area contributed by atoms with Crippen molar-refractivity contribution in [3.63, 3.8) is 0 Å². The van der Waals surface area contributed by atoms with Gasteiger partial charge in [-0.1, -0.05) is 40.5 Å². The Morgan fingerprint density at radius 1 is 1.12 bits per heavy atom. The van der Waals surface area contributed by atoms with Crippen molar-refractivity contribution >= 4 is 40.3 Å². The summed E-state index contributed by atoms with van der Waals surface area (Å²) in [6.45, 7) is 1.50. The summed E-state index contributed by atoms with van der Waals surface area (Å²) in [6.07, 6.45) is 1.63. The summed E-state index contributed by atoms with van der Waals surface area (Å²) in [5, 5.41) is 9.34. The van der Waals surface area contributed by atoms with E-state index in [-0.39, 0.29) is 22.9 Å². The zero-order valence-corrected chi connectivity index (χ0v) is 19.1. The number of amides is 1. The van der Waals surface area contributed by atoms with Crippen LogP contribution in [0.3, 0.4) is 0 Å². The lowest BCUT2D eigenvalue weighted by Gasteiger charge is -2.32. The molecule has 3 heterocycles. The van der Waals surface area contributed by atoms with Crippen molar-refractivity contribution in [1.29, 1.82) is 0 Å². The van der Waals surface area contributed by atoms with Crippen LogP contribution < -0.4 is 5.56 Å². The molecule has 10 heteroatoms. The summed E-state index contributed by atoms with van der Waals surface area (Å²) in [6, 6.07) is 14.3. The molecule has 5 rings (SSSR count). The number of halogens is 2. The van der Waals surface area contributed by atoms with Crippen LogP contribution in [0.2, 0.25) is 10.0 Å². The normalized spacial score (nSPS) is 16.3. The average Bonchev–Trinajstić information content (AvgIpc) is 3.22. The summed E-state index contributed by atoms with van der Waals surface area (Å²) < 4.78 is 1.60. The van der Waals surface area contributed by atoms with Crippen LogP contribution in [0.25, 0.3) is 11.2 Å². The molecule has 0 aliphatic carbocycles. The molecular formula is C23H20Cl2N6O2. The van der Waals surface area contributed by atoms with Crippen molar-refractivity contribution in [2.24, 2.45) is 0 Å². The van der Waals surface area contributed by atoms with Gasteiger partial charge < -0.3 is 9.88 Å². The van der Waals surface area contributed by atoms with E-state index in [0.717, 1.165) is 18.4 Å². The molecule has 1 saturated heterocycles. The standard InChI is InChI=1S/C23H20Cl2N6O2/c24-17-8-6-15(7-9-17)23(33)30-10-2-4-16(13-30)20-26-21-19(22(32)27-20)28-29-31(21)12-14-3-1-5-18(25)11-14/h1,3,5-9,11,16H,2,4,10,12-13H2,(H,26,27,32)/t16-/m0/s1. The lowest BCUT2D eigenvalue weighted by molar-refractivity contribution is 0.0704. The van der Waals surface area contributed by atoms with Gasteiger partial charge in [0.05, 0.1) is 6.54 Å². The number of carbonyl (C=O) groups is 1. The molecule has 0 bridgehead atoms. The Morgan fingerprint density at radius 3 is 2.73 bits per heavy atom. The van der Waals surface area contributed by atoms with Gasteiger partial charge in [-0.25, -0.2) is 9.67 Å². The van der Waals surface area contributed by atoms with Gasteiger partial charge in [0.1, 0.15) is 5.82 Å². The van der Waals surface area contributed by atoms with E-state index in [1.165, 1.54) is 0 Å². The Kier molecular flexibility index (Phi) is 5.86. The van der Waals surface area contributed by atoms with Crippen molar-refractivity contribution < 1.29 is 4.79 Å². The fourth-order valence-corrected chi connectivity index (χ4v) is 4.49. The zero-order valence-electron chi connectivity index (χ0n) is 17.5. The molecule has 1 aliphatic rings. The average molecular weight is 483 g/mol. The van der Waals surface area contributed by atoms with Crippen molar-refractivity contribution in [2.45, 2.75) is 25.3 Å². The number of carbonyl (C=O) groups excluding carboxylic acids is 1. The molecule has 33 heavy (non-hydrogen) atoms. The van der Waals surface area contributed by atoms with E-state index < -0.39 is 0 Å². The molecule has 1 atom stereocenters. The van der Waals surface area contributed by atoms with Gasteiger partial charge in [0.15, 0.2) is 11.2 Å². The third-order valence-electron chi connectivity index (χ3n) is 5.80. The molecule has 2 aromatic carbocycles. The van der Waals surface area contributed by atoms with Crippen molar-refractivity contribution in [3.05, 3.63) is 85.9 Å². The highest BCUT2D eigenvalue weighted by Crippen LogP contribution is 2.26. The van der Waals surface area contributed by atoms with Crippen molar-refractivity contribution in [3.8, 4) is 0 Å². The smallest absolute Gasteiger partial charge is 0.281 e. The molecule has 0 spiro atoms. The first-order valence-corrected chi connectivity index (χ1v) is 11.4. The molecule has 0 saturated carbocycles. The van der Waals surface area contributed by atoms with Gasteiger partial charge in [-0.2, -0.15) is 0 Å². The van der Waals surface area contributed by atoms with Crippen molar-refractivity contribution in [2.75, 3.05) is 13.1 Å². The summed E-state index contributed by atoms with van der Waals surface area (Å²) in [5.41, 5.74) is 1.77. The van der Waals surface area contributed by atoms with Gasteiger partial charge in [-0.05, 0) is 54.8 Å². The van der Waals surface area contributed by atoms with Crippen LogP contribution in [0, 0.1) is 0 Å². The first kappa shape index (κ1) is 21.6. The van der Waals surface area contributed by atoms with E-state index in [4.69, 9.17) is 28.2 Å². The number of nitrogens with one attached hydrogen (secondary N) is 1. The Bertz CT molecular complexity index is 1380. The molecule has 0 radical (unpaired) electrons. The number of piperidine rings is 1. The maximum atomic E-state index is 13.0. The van der Waals surface area contributed by atoms with Gasteiger partial charge in [0, 0.05) is 34.6 Å². The summed E-state index contributed by atoms with van der Waals surface area (Å²) in [7, 11) is 0. The minimum Gasteiger partial charge on any atom is -0.338 e. The lowest BCUT2D eigenvalue weighted by Crippen LogP contribution is -2.40. The fraction of sp³-hybridized carbons (Fsp3) is 0.261. The van der Waals surface area contributed by atoms with Gasteiger partial charge in [0.2, 0.25) is 0 Å². The van der Waals surface area contributed by atoms with E-state index in [9.17, 15) is 9.59 Å². The Labute approximate surface area is 199 Å². The van der Waals surface area contributed by atoms with Crippen molar-refractivity contribution in [1.82, 2.24) is 29.9 Å². The second-order valence-electron chi connectivity index (χ2n) is 8.10. The summed E-state index contributed by atoms with van der Waals surface area (Å²) in [4.78, 5) is 35.0. The van der Waals surface area contributed by atoms with E-state index in [1.807, 2.05) is 18.2 Å². The quantitative estimate of drug-likeness (QED) is 0.475. The first-order chi connectivity index (χ1) is 16.0. The number of H-pyrrole nitrogens is 1. The molecule has 1 fully saturated rings. The number of likely N-dealkylation sites (tertiary alicyclic amines) is 1. The second kappa shape index (κ2) is 8.96. The minimum absolute atomic E-state index is 0.0625. The van der Waals surface area contributed by atoms with Gasteiger partial charge in [-0.3, -0.25) is 9.59 Å². The molecule has 1 amide bonds. The Morgan fingerprint density at radius 2 is 1.94 bits per heavy atom. The minimum atomic E-state index is -0.339. The zero-order chi connectivity index (χ0) is 22.9. The molecule has 2 aromatic heterocycles. The highest BCUT2D eigenvalue weighted by Gasteiger charge is 2.28. The number of rotatable bonds is 4. The van der Waals surface area contributed by atoms with Gasteiger partial charge >= 0.3 is 0 Å². The van der Waals surface area contributed by atoms with E-state index in [0.29, 0.717) is 46.7 Å². The topological polar surface area (TPSA) is 96.8 Å². The molecule has 8 nitrogen and oxygen atoms in total. The maximum absolute atomic E-state index is 13.0. The SMILES string of the molecule is O=C(c1ccc(Cl)cc1)N1CCC[C@H](c2nc3c(nnn3Cc3cccc(Cl)c3)c(=O)[nH]2)C1. The van der Waals surface area contributed by atoms with Gasteiger partial charge in [0.25, 0.3) is 11.5 Å². The van der Waals surface area contributed by atoms with E-state index in [2.05, 4.69) is 15.3 Å². The summed E-state index contributed by atoms with van der Waals surface area (Å²) >= 11 is 12.0. The van der Waals surface area contributed by atoms with Crippen LogP contribution in [-0.2, 0) is 6.54 Å². The number of nitrogens with zero attached hydrogens (tertiary/aromatic N) is 5. The van der Waals surface area contributed by atoms with Crippen LogP contribution >= 0.6 is 23.2 Å². The predicted octanol–water partition coefficient (Wildman–Crippen LogP) is 3.89. The number of hydrogen-bond donors (Lipinski definition) is 1. The maximum Gasteiger partial charge on any atom is 0.281 e. The molecule has 0 unspecified atom stereocenters. The Balaban J connectivity index is 1.42. The van der Waals surface area contributed by atoms with E-state index >= 15 is 0 Å². The molecule has 168 valence electrons. The molecule has 4 aromatic rings. The number of aromatic nitrogens is 5. The van der Waals surface area contributed by atoms with Crippen LogP contribution in [0.15, 0.2) is 53.3 Å². The highest BCUT2D eigenvalue weighted by molar-refractivity contribution is 6.30. The molecule has 1 aliphatic heterocycles. The predicted molar refractivity (Wildman–Crippen MR) is 126 cm³/mol. The number of aromatic amines is 1. The molecular weight excluding hydrogens is 463 g/mol. The fourth-order valence-electron chi connectivity index (χ4n) is 4.15. The van der Waals surface area contributed by atoms with Crippen LogP contribution in [0.5, 0.6) is 0 Å². The third-order valence-corrected chi connectivity index (χ3v) is 6.29. The second-order valence-corrected chi connectivity index (χ2v) is 8.97. The van der Waals surface area contributed by atoms with E-state index in [1.54, 1.807) is 39.9 Å². The van der Waals surface area contributed by atoms with Crippen LogP contribution in [-0.4, -0.2) is 48.9 Å². The van der Waals surface area contributed by atoms with Gasteiger partial charge in [-0.15, -0.1) is 5.10 Å². The molecule has 1 N–H and O–H groups in total. The number of benzene rings is 2. The van der Waals surface area contributed by atoms with Crippen LogP contribution in [0.4, 0.5) is 0 Å². The number of fused-ring (bicyclic) bond motifs is 1. The monoisotopic (exact) mass is 482 g/mol. The Hall–Kier alpha value is -3.23. The summed E-state index contributed by atoms with van der Waals surface area (Å²) in [5.74, 6) is 0.379. The largest absolute Gasteiger partial charge is 0.338 e. The van der Waals surface area contributed by atoms with Crippen LogP contribution in [0.1, 0.15) is 40.5 Å². The first-order valence-electron chi connectivity index (χ1n) is 10.6. The highest BCUT2D eigenvalue weighted by atomic mass is 35.5. The third kappa shape index (κ3) is 4.49. The lowest BCUT2D eigenvalue weighted by atomic mass is 9.96. The number of hydrogen-bond acceptors (Lipinski definition) is 5.